The minimum absolute atomic E-state index is 0.266. The van der Waals surface area contributed by atoms with Gasteiger partial charge in [-0.15, -0.1) is 0 Å². The lowest BCUT2D eigenvalue weighted by molar-refractivity contribution is -0.140. The van der Waals surface area contributed by atoms with Gasteiger partial charge in [-0.25, -0.2) is 4.79 Å². The molecule has 0 radical (unpaired) electrons. The van der Waals surface area contributed by atoms with E-state index in [4.69, 9.17) is 15.2 Å². The molecular formula is C17H28N2O4. The summed E-state index contributed by atoms with van der Waals surface area (Å²) in [6, 6.07) is 5.06. The molecule has 0 aliphatic rings. The molecule has 130 valence electrons. The molecule has 0 bridgehead atoms. The average molecular weight is 324 g/mol. The molecule has 6 nitrogen and oxygen atoms in total. The summed E-state index contributed by atoms with van der Waals surface area (Å²) in [6.45, 7) is 5.50. The molecule has 0 spiro atoms. The first-order valence-electron chi connectivity index (χ1n) is 8.16. The van der Waals surface area contributed by atoms with Crippen molar-refractivity contribution < 1.29 is 19.4 Å². The zero-order chi connectivity index (χ0) is 17.1. The highest BCUT2D eigenvalue weighted by Crippen LogP contribution is 2.27. The van der Waals surface area contributed by atoms with Gasteiger partial charge in [0.15, 0.2) is 6.29 Å². The van der Waals surface area contributed by atoms with Crippen molar-refractivity contribution >= 4 is 6.03 Å². The summed E-state index contributed by atoms with van der Waals surface area (Å²) in [5.74, 6) is 0.266. The smallest absolute Gasteiger partial charge is 0.312 e. The highest BCUT2D eigenvalue weighted by atomic mass is 16.7. The average Bonchev–Trinajstić information content (AvgIpc) is 2.51. The minimum Gasteiger partial charge on any atom is -0.508 e. The fraction of sp³-hybridized carbons (Fsp3) is 0.588. The van der Waals surface area contributed by atoms with E-state index in [1.54, 1.807) is 6.07 Å². The number of aromatic hydroxyl groups is 1. The molecule has 1 rings (SSSR count). The van der Waals surface area contributed by atoms with E-state index in [1.807, 2.05) is 26.0 Å². The summed E-state index contributed by atoms with van der Waals surface area (Å²) in [4.78, 5) is 10.5. The van der Waals surface area contributed by atoms with Crippen molar-refractivity contribution in [3.63, 3.8) is 0 Å². The fourth-order valence-corrected chi connectivity index (χ4v) is 2.31. The second-order valence-corrected chi connectivity index (χ2v) is 5.23. The van der Waals surface area contributed by atoms with E-state index in [0.29, 0.717) is 19.8 Å². The number of ether oxygens (including phenoxy) is 2. The highest BCUT2D eigenvalue weighted by molar-refractivity contribution is 5.71. The number of phenolic OH excluding ortho intramolecular Hbond substituents is 1. The number of unbranched alkanes of at least 4 members (excludes halogenated alkanes) is 2. The molecule has 4 N–H and O–H groups in total. The summed E-state index contributed by atoms with van der Waals surface area (Å²) in [7, 11) is 0. The van der Waals surface area contributed by atoms with Gasteiger partial charge >= 0.3 is 6.03 Å². The Morgan fingerprint density at radius 2 is 1.91 bits per heavy atom. The normalized spacial score (nSPS) is 10.9. The number of rotatable bonds is 11. The van der Waals surface area contributed by atoms with Crippen molar-refractivity contribution in [3.8, 4) is 5.75 Å². The number of hydrogen-bond acceptors (Lipinski definition) is 4. The third-order valence-corrected chi connectivity index (χ3v) is 3.44. The first-order valence-corrected chi connectivity index (χ1v) is 8.16. The predicted octanol–water partition coefficient (Wildman–Crippen LogP) is 2.84. The third kappa shape index (κ3) is 7.34. The second-order valence-electron chi connectivity index (χ2n) is 5.23. The first-order chi connectivity index (χ1) is 11.1. The Labute approximate surface area is 138 Å². The molecule has 0 unspecified atom stereocenters. The zero-order valence-corrected chi connectivity index (χ0v) is 14.0. The Kier molecular flexibility index (Phi) is 9.09. The fourth-order valence-electron chi connectivity index (χ4n) is 2.31. The van der Waals surface area contributed by atoms with Gasteiger partial charge in [0.1, 0.15) is 5.75 Å². The maximum absolute atomic E-state index is 10.5. The van der Waals surface area contributed by atoms with Gasteiger partial charge in [0, 0.05) is 25.3 Å². The van der Waals surface area contributed by atoms with Gasteiger partial charge in [0.25, 0.3) is 0 Å². The number of primary amides is 1. The van der Waals surface area contributed by atoms with Gasteiger partial charge in [0.05, 0.1) is 0 Å². The molecule has 0 fully saturated rings. The summed E-state index contributed by atoms with van der Waals surface area (Å²) in [5, 5.41) is 12.7. The number of urea groups is 1. The van der Waals surface area contributed by atoms with Gasteiger partial charge in [0.2, 0.25) is 0 Å². The summed E-state index contributed by atoms with van der Waals surface area (Å²) in [5.41, 5.74) is 6.72. The Balaban J connectivity index is 2.47. The monoisotopic (exact) mass is 324 g/mol. The number of nitrogens with one attached hydrogen (secondary N) is 1. The van der Waals surface area contributed by atoms with Crippen LogP contribution in [0.2, 0.25) is 0 Å². The Hall–Kier alpha value is -1.79. The number of hydrogen-bond donors (Lipinski definition) is 3. The van der Waals surface area contributed by atoms with Crippen molar-refractivity contribution in [3.05, 3.63) is 29.3 Å². The van der Waals surface area contributed by atoms with Crippen LogP contribution < -0.4 is 11.1 Å². The summed E-state index contributed by atoms with van der Waals surface area (Å²) in [6.07, 6.45) is 3.12. The van der Waals surface area contributed by atoms with Gasteiger partial charge in [-0.2, -0.15) is 0 Å². The standard InChI is InChI=1S/C17H28N2O4/c1-3-22-16(23-4-2)14-10-9-13(15(20)12-14)8-6-5-7-11-19-17(18)21/h9-10,12,16,20H,3-8,11H2,1-2H3,(H3,18,19,21). The van der Waals surface area contributed by atoms with Crippen molar-refractivity contribution in [1.82, 2.24) is 5.32 Å². The lowest BCUT2D eigenvalue weighted by Gasteiger charge is -2.18. The van der Waals surface area contributed by atoms with E-state index >= 15 is 0 Å². The molecule has 0 saturated heterocycles. The highest BCUT2D eigenvalue weighted by Gasteiger charge is 2.13. The number of carbonyl (C=O) groups excluding carboxylic acids is 1. The van der Waals surface area contributed by atoms with E-state index < -0.39 is 12.3 Å². The van der Waals surface area contributed by atoms with Crippen LogP contribution in [0.3, 0.4) is 0 Å². The summed E-state index contributed by atoms with van der Waals surface area (Å²) >= 11 is 0. The van der Waals surface area contributed by atoms with Gasteiger partial charge in [-0.05, 0) is 44.7 Å². The summed E-state index contributed by atoms with van der Waals surface area (Å²) < 4.78 is 11.1. The van der Waals surface area contributed by atoms with Crippen molar-refractivity contribution in [2.45, 2.75) is 45.8 Å². The molecular weight excluding hydrogens is 296 g/mol. The van der Waals surface area contributed by atoms with Gasteiger partial charge in [-0.3, -0.25) is 0 Å². The predicted molar refractivity (Wildman–Crippen MR) is 89.2 cm³/mol. The van der Waals surface area contributed by atoms with E-state index in [0.717, 1.165) is 36.8 Å². The lowest BCUT2D eigenvalue weighted by atomic mass is 10.0. The lowest BCUT2D eigenvalue weighted by Crippen LogP contribution is -2.29. The molecule has 1 aromatic rings. The molecule has 0 heterocycles. The molecule has 23 heavy (non-hydrogen) atoms. The number of carbonyl (C=O) groups is 1. The van der Waals surface area contributed by atoms with E-state index in [2.05, 4.69) is 5.32 Å². The topological polar surface area (TPSA) is 93.8 Å². The number of aryl methyl sites for hydroxylation is 1. The molecule has 2 amide bonds. The first kappa shape index (κ1) is 19.3. The SMILES string of the molecule is CCOC(OCC)c1ccc(CCCCCNC(N)=O)c(O)c1. The Bertz CT molecular complexity index is 474. The minimum atomic E-state index is -0.489. The number of nitrogens with two attached hydrogens (primary N) is 1. The maximum Gasteiger partial charge on any atom is 0.312 e. The largest absolute Gasteiger partial charge is 0.508 e. The molecule has 0 aliphatic heterocycles. The van der Waals surface area contributed by atoms with Crippen LogP contribution in [0.4, 0.5) is 4.79 Å². The third-order valence-electron chi connectivity index (χ3n) is 3.44. The molecule has 0 aromatic heterocycles. The molecule has 0 atom stereocenters. The van der Waals surface area contributed by atoms with Crippen LogP contribution in [0.25, 0.3) is 0 Å². The molecule has 0 saturated carbocycles. The van der Waals surface area contributed by atoms with Crippen LogP contribution in [0.15, 0.2) is 18.2 Å². The van der Waals surface area contributed by atoms with Crippen molar-refractivity contribution in [2.75, 3.05) is 19.8 Å². The molecule has 1 aromatic carbocycles. The van der Waals surface area contributed by atoms with Gasteiger partial charge in [-0.1, -0.05) is 18.6 Å². The van der Waals surface area contributed by atoms with Crippen LogP contribution in [0, 0.1) is 0 Å². The zero-order valence-electron chi connectivity index (χ0n) is 14.0. The number of benzene rings is 1. The maximum atomic E-state index is 10.5. The van der Waals surface area contributed by atoms with Crippen LogP contribution in [0.5, 0.6) is 5.75 Å². The van der Waals surface area contributed by atoms with Crippen LogP contribution in [0.1, 0.15) is 50.5 Å². The van der Waals surface area contributed by atoms with E-state index in [1.165, 1.54) is 0 Å². The quantitative estimate of drug-likeness (QED) is 0.431. The van der Waals surface area contributed by atoms with Crippen molar-refractivity contribution in [1.29, 1.82) is 0 Å². The number of amides is 2. The van der Waals surface area contributed by atoms with Crippen LogP contribution >= 0.6 is 0 Å². The second kappa shape index (κ2) is 10.9. The number of phenols is 1. The van der Waals surface area contributed by atoms with E-state index in [-0.39, 0.29) is 5.75 Å². The van der Waals surface area contributed by atoms with Crippen LogP contribution in [-0.4, -0.2) is 30.9 Å². The Morgan fingerprint density at radius 1 is 1.22 bits per heavy atom. The molecule has 6 heteroatoms. The van der Waals surface area contributed by atoms with Gasteiger partial charge < -0.3 is 25.6 Å². The van der Waals surface area contributed by atoms with Crippen LogP contribution in [-0.2, 0) is 15.9 Å². The Morgan fingerprint density at radius 3 is 2.48 bits per heavy atom. The van der Waals surface area contributed by atoms with E-state index in [9.17, 15) is 9.90 Å². The van der Waals surface area contributed by atoms with Crippen molar-refractivity contribution in [2.24, 2.45) is 5.73 Å². The molecule has 0 aliphatic carbocycles.